The maximum Gasteiger partial charge on any atom is 0.252 e. The molecular formula is C10H19NO. The van der Waals surface area contributed by atoms with E-state index in [1.165, 1.54) is 4.90 Å². The van der Waals surface area contributed by atoms with E-state index < -0.39 is 0 Å². The number of hydrogen-bond acceptors (Lipinski definition) is 1. The fourth-order valence-corrected chi connectivity index (χ4v) is 0.592. The zero-order valence-corrected chi connectivity index (χ0v) is 8.72. The Balaban J connectivity index is 0. The van der Waals surface area contributed by atoms with Gasteiger partial charge in [-0.15, -0.1) is 0 Å². The van der Waals surface area contributed by atoms with Crippen LogP contribution in [0, 0.1) is 0 Å². The van der Waals surface area contributed by atoms with Crippen LogP contribution < -0.4 is 0 Å². The van der Waals surface area contributed by atoms with E-state index in [9.17, 15) is 4.79 Å². The summed E-state index contributed by atoms with van der Waals surface area (Å²) in [6.07, 6.45) is 3.51. The number of carbonyl (C=O) groups is 1. The largest absolute Gasteiger partial charge is 0.319 e. The third-order valence-electron chi connectivity index (χ3n) is 1.06. The van der Waals surface area contributed by atoms with Gasteiger partial charge in [-0.25, -0.2) is 0 Å². The predicted octanol–water partition coefficient (Wildman–Crippen LogP) is 2.58. The summed E-state index contributed by atoms with van der Waals surface area (Å²) in [5, 5.41) is 0. The maximum absolute atomic E-state index is 11.0. The molecular weight excluding hydrogens is 150 g/mol. The molecule has 0 rings (SSSR count). The SMILES string of the molecule is C=C(C)C(=O)N(C)/C=C\C.CC. The zero-order valence-electron chi connectivity index (χ0n) is 8.72. The van der Waals surface area contributed by atoms with E-state index >= 15 is 0 Å². The molecule has 0 atom stereocenters. The second-order valence-corrected chi connectivity index (χ2v) is 2.18. The Morgan fingerprint density at radius 1 is 1.42 bits per heavy atom. The van der Waals surface area contributed by atoms with Crippen molar-refractivity contribution < 1.29 is 4.79 Å². The smallest absolute Gasteiger partial charge is 0.252 e. The van der Waals surface area contributed by atoms with Gasteiger partial charge in [0.15, 0.2) is 0 Å². The van der Waals surface area contributed by atoms with Crippen LogP contribution in [0.3, 0.4) is 0 Å². The van der Waals surface area contributed by atoms with Gasteiger partial charge in [0.25, 0.3) is 5.91 Å². The number of likely N-dealkylation sites (N-methyl/N-ethyl adjacent to an activating group) is 1. The predicted molar refractivity (Wildman–Crippen MR) is 53.7 cm³/mol. The monoisotopic (exact) mass is 169 g/mol. The molecule has 2 heteroatoms. The van der Waals surface area contributed by atoms with Crippen molar-refractivity contribution in [1.29, 1.82) is 0 Å². The van der Waals surface area contributed by atoms with Crippen molar-refractivity contribution in [3.8, 4) is 0 Å². The van der Waals surface area contributed by atoms with Gasteiger partial charge in [0.2, 0.25) is 0 Å². The molecule has 0 saturated heterocycles. The lowest BCUT2D eigenvalue weighted by Crippen LogP contribution is -2.20. The van der Waals surface area contributed by atoms with Crippen LogP contribution in [0.15, 0.2) is 24.4 Å². The van der Waals surface area contributed by atoms with Crippen molar-refractivity contribution in [1.82, 2.24) is 4.90 Å². The van der Waals surface area contributed by atoms with E-state index in [1.807, 2.05) is 20.8 Å². The lowest BCUT2D eigenvalue weighted by Gasteiger charge is -2.10. The maximum atomic E-state index is 11.0. The third kappa shape index (κ3) is 5.71. The highest BCUT2D eigenvalue weighted by molar-refractivity contribution is 5.92. The molecule has 70 valence electrons. The Morgan fingerprint density at radius 3 is 2.08 bits per heavy atom. The number of carbonyl (C=O) groups excluding carboxylic acids is 1. The quantitative estimate of drug-likeness (QED) is 0.582. The molecule has 0 heterocycles. The van der Waals surface area contributed by atoms with Gasteiger partial charge in [-0.2, -0.15) is 0 Å². The first-order chi connectivity index (χ1) is 5.59. The molecule has 1 amide bonds. The highest BCUT2D eigenvalue weighted by Crippen LogP contribution is 1.95. The average molecular weight is 169 g/mol. The van der Waals surface area contributed by atoms with Gasteiger partial charge in [0, 0.05) is 18.8 Å². The summed E-state index contributed by atoms with van der Waals surface area (Å²) in [5.74, 6) is -0.0434. The van der Waals surface area contributed by atoms with Crippen molar-refractivity contribution in [3.63, 3.8) is 0 Å². The van der Waals surface area contributed by atoms with Gasteiger partial charge >= 0.3 is 0 Å². The molecule has 0 aliphatic carbocycles. The molecule has 0 fully saturated rings. The molecule has 0 aliphatic rings. The van der Waals surface area contributed by atoms with Crippen molar-refractivity contribution in [2.75, 3.05) is 7.05 Å². The minimum absolute atomic E-state index is 0.0434. The summed E-state index contributed by atoms with van der Waals surface area (Å²) < 4.78 is 0. The number of amides is 1. The highest BCUT2D eigenvalue weighted by Gasteiger charge is 2.03. The van der Waals surface area contributed by atoms with Gasteiger partial charge in [-0.05, 0) is 13.8 Å². The lowest BCUT2D eigenvalue weighted by molar-refractivity contribution is -0.123. The van der Waals surface area contributed by atoms with Crippen molar-refractivity contribution in [2.45, 2.75) is 27.7 Å². The van der Waals surface area contributed by atoms with Crippen LogP contribution in [0.5, 0.6) is 0 Å². The second-order valence-electron chi connectivity index (χ2n) is 2.18. The minimum atomic E-state index is -0.0434. The Hall–Kier alpha value is -1.05. The van der Waals surface area contributed by atoms with E-state index in [1.54, 1.807) is 26.2 Å². The molecule has 0 aromatic heterocycles. The standard InChI is InChI=1S/C8H13NO.C2H6/c1-5-6-9(4)8(10)7(2)3;1-2/h5-6H,2H2,1,3-4H3;1-2H3/b6-5-;. The topological polar surface area (TPSA) is 20.3 Å². The molecule has 2 nitrogen and oxygen atoms in total. The van der Waals surface area contributed by atoms with Crippen LogP contribution in [0.2, 0.25) is 0 Å². The first kappa shape index (κ1) is 13.5. The number of allylic oxidation sites excluding steroid dienone is 1. The molecule has 0 aromatic carbocycles. The summed E-state index contributed by atoms with van der Waals surface area (Å²) in [6, 6.07) is 0. The molecule has 0 aromatic rings. The zero-order chi connectivity index (χ0) is 10.1. The van der Waals surface area contributed by atoms with Gasteiger partial charge < -0.3 is 4.90 Å². The van der Waals surface area contributed by atoms with E-state index in [0.717, 1.165) is 0 Å². The minimum Gasteiger partial charge on any atom is -0.319 e. The van der Waals surface area contributed by atoms with Gasteiger partial charge in [0.1, 0.15) is 0 Å². The van der Waals surface area contributed by atoms with Crippen LogP contribution in [-0.2, 0) is 4.79 Å². The lowest BCUT2D eigenvalue weighted by atomic mass is 10.3. The fraction of sp³-hybridized carbons (Fsp3) is 0.500. The molecule has 0 aliphatic heterocycles. The number of hydrogen-bond donors (Lipinski definition) is 0. The summed E-state index contributed by atoms with van der Waals surface area (Å²) in [6.45, 7) is 11.1. The summed E-state index contributed by atoms with van der Waals surface area (Å²) in [4.78, 5) is 12.5. The summed E-state index contributed by atoms with van der Waals surface area (Å²) in [7, 11) is 1.71. The van der Waals surface area contributed by atoms with Crippen LogP contribution in [-0.4, -0.2) is 17.9 Å². The van der Waals surface area contributed by atoms with Crippen molar-refractivity contribution >= 4 is 5.91 Å². The molecule has 0 saturated carbocycles. The normalized spacial score (nSPS) is 8.75. The van der Waals surface area contributed by atoms with Crippen LogP contribution >= 0.6 is 0 Å². The van der Waals surface area contributed by atoms with E-state index in [2.05, 4.69) is 6.58 Å². The molecule has 0 spiro atoms. The Labute approximate surface area is 75.6 Å². The number of nitrogens with zero attached hydrogens (tertiary/aromatic N) is 1. The Kier molecular flexibility index (Phi) is 9.08. The van der Waals surface area contributed by atoms with Crippen LogP contribution in [0.1, 0.15) is 27.7 Å². The van der Waals surface area contributed by atoms with Crippen molar-refractivity contribution in [2.24, 2.45) is 0 Å². The van der Waals surface area contributed by atoms with Gasteiger partial charge in [0.05, 0.1) is 0 Å². The highest BCUT2D eigenvalue weighted by atomic mass is 16.2. The Morgan fingerprint density at radius 2 is 1.83 bits per heavy atom. The van der Waals surface area contributed by atoms with E-state index in [0.29, 0.717) is 5.57 Å². The first-order valence-corrected chi connectivity index (χ1v) is 4.15. The average Bonchev–Trinajstić information content (AvgIpc) is 2.07. The van der Waals surface area contributed by atoms with Crippen LogP contribution in [0.25, 0.3) is 0 Å². The first-order valence-electron chi connectivity index (χ1n) is 4.15. The fourth-order valence-electron chi connectivity index (χ4n) is 0.592. The second kappa shape index (κ2) is 8.05. The molecule has 0 bridgehead atoms. The molecule has 12 heavy (non-hydrogen) atoms. The summed E-state index contributed by atoms with van der Waals surface area (Å²) >= 11 is 0. The van der Waals surface area contributed by atoms with Crippen molar-refractivity contribution in [3.05, 3.63) is 24.4 Å². The molecule has 0 unspecified atom stereocenters. The van der Waals surface area contributed by atoms with Gasteiger partial charge in [-0.3, -0.25) is 4.79 Å². The van der Waals surface area contributed by atoms with Gasteiger partial charge in [-0.1, -0.05) is 26.5 Å². The Bertz CT molecular complexity index is 171. The molecule has 0 N–H and O–H groups in total. The van der Waals surface area contributed by atoms with Crippen LogP contribution in [0.4, 0.5) is 0 Å². The van der Waals surface area contributed by atoms with E-state index in [4.69, 9.17) is 0 Å². The molecule has 0 radical (unpaired) electrons. The number of rotatable bonds is 2. The third-order valence-corrected chi connectivity index (χ3v) is 1.06. The van der Waals surface area contributed by atoms with E-state index in [-0.39, 0.29) is 5.91 Å². The summed E-state index contributed by atoms with van der Waals surface area (Å²) in [5.41, 5.74) is 0.556.